The molecule has 1 N–H and O–H groups in total. The predicted molar refractivity (Wildman–Crippen MR) is 62.4 cm³/mol. The van der Waals surface area contributed by atoms with E-state index in [1.54, 1.807) is 11.3 Å². The topological polar surface area (TPSA) is 21.3 Å². The molecule has 0 radical (unpaired) electrons. The minimum atomic E-state index is 0. The second-order valence-electron chi connectivity index (χ2n) is 3.37. The van der Waals surface area contributed by atoms with Gasteiger partial charge in [-0.25, -0.2) is 0 Å². The highest BCUT2D eigenvalue weighted by Gasteiger charge is 2.20. The van der Waals surface area contributed by atoms with Crippen LogP contribution in [0.1, 0.15) is 18.0 Å². The summed E-state index contributed by atoms with van der Waals surface area (Å²) in [5, 5.41) is 3.33. The minimum absolute atomic E-state index is 0. The fourth-order valence-corrected chi connectivity index (χ4v) is 2.42. The van der Waals surface area contributed by atoms with E-state index in [1.165, 1.54) is 0 Å². The zero-order valence-corrected chi connectivity index (χ0v) is 10.2. The Bertz CT molecular complexity index is 284. The zero-order valence-electron chi connectivity index (χ0n) is 7.83. The second-order valence-corrected chi connectivity index (χ2v) is 5.12. The molecule has 1 aliphatic heterocycles. The quantitative estimate of drug-likeness (QED) is 0.831. The van der Waals surface area contributed by atoms with E-state index in [0.717, 1.165) is 22.4 Å². The monoisotopic (exact) mass is 253 g/mol. The molecule has 1 aromatic rings. The van der Waals surface area contributed by atoms with Crippen molar-refractivity contribution in [3.63, 3.8) is 0 Å². The third kappa shape index (κ3) is 2.84. The maximum absolute atomic E-state index is 5.84. The molecule has 2 unspecified atom stereocenters. The van der Waals surface area contributed by atoms with Gasteiger partial charge >= 0.3 is 0 Å². The Balaban J connectivity index is 0.000000980. The standard InChI is InChI=1S/C9H12ClNOS.ClH/c1-6-4-11-9(12-5-6)7-2-3-8(10)13-7;/h2-3,6,9,11H,4-5H2,1H3;1H. The Morgan fingerprint density at radius 3 is 2.86 bits per heavy atom. The first-order valence-corrected chi connectivity index (χ1v) is 5.55. The van der Waals surface area contributed by atoms with Crippen molar-refractivity contribution in [3.05, 3.63) is 21.3 Å². The van der Waals surface area contributed by atoms with Gasteiger partial charge in [-0.3, -0.25) is 5.32 Å². The average Bonchev–Trinajstić information content (AvgIpc) is 2.53. The molecule has 1 saturated heterocycles. The fourth-order valence-electron chi connectivity index (χ4n) is 1.34. The SMILES string of the molecule is CC1CNC(c2ccc(Cl)s2)OC1.Cl. The highest BCUT2D eigenvalue weighted by atomic mass is 35.5. The lowest BCUT2D eigenvalue weighted by molar-refractivity contribution is -0.0233. The van der Waals surface area contributed by atoms with E-state index in [2.05, 4.69) is 12.2 Å². The number of thiophene rings is 1. The van der Waals surface area contributed by atoms with Gasteiger partial charge in [0.25, 0.3) is 0 Å². The number of hydrogen-bond donors (Lipinski definition) is 1. The first kappa shape index (κ1) is 12.3. The van der Waals surface area contributed by atoms with Crippen LogP contribution in [-0.2, 0) is 4.74 Å². The van der Waals surface area contributed by atoms with Crippen LogP contribution in [0.3, 0.4) is 0 Å². The van der Waals surface area contributed by atoms with E-state index in [-0.39, 0.29) is 18.6 Å². The van der Waals surface area contributed by atoms with Gasteiger partial charge in [0.2, 0.25) is 0 Å². The number of halogens is 2. The van der Waals surface area contributed by atoms with Gasteiger partial charge in [0.1, 0.15) is 6.23 Å². The van der Waals surface area contributed by atoms with E-state index < -0.39 is 0 Å². The molecule has 1 aromatic heterocycles. The highest BCUT2D eigenvalue weighted by Crippen LogP contribution is 2.29. The molecule has 1 aliphatic rings. The molecule has 0 aliphatic carbocycles. The average molecular weight is 254 g/mol. The first-order chi connectivity index (χ1) is 6.25. The van der Waals surface area contributed by atoms with E-state index in [1.807, 2.05) is 12.1 Å². The normalized spacial score (nSPS) is 27.0. The van der Waals surface area contributed by atoms with Crippen LogP contribution in [0.5, 0.6) is 0 Å². The number of nitrogens with one attached hydrogen (secondary N) is 1. The summed E-state index contributed by atoms with van der Waals surface area (Å²) in [5.41, 5.74) is 0. The van der Waals surface area contributed by atoms with Crippen molar-refractivity contribution < 1.29 is 4.74 Å². The van der Waals surface area contributed by atoms with E-state index in [9.17, 15) is 0 Å². The Morgan fingerprint density at radius 1 is 1.57 bits per heavy atom. The van der Waals surface area contributed by atoms with Crippen LogP contribution in [0, 0.1) is 5.92 Å². The summed E-state index contributed by atoms with van der Waals surface area (Å²) in [6.07, 6.45) is 0.0497. The van der Waals surface area contributed by atoms with E-state index in [4.69, 9.17) is 16.3 Å². The largest absolute Gasteiger partial charge is 0.358 e. The van der Waals surface area contributed by atoms with Crippen LogP contribution in [0.25, 0.3) is 0 Å². The number of ether oxygens (including phenoxy) is 1. The summed E-state index contributed by atoms with van der Waals surface area (Å²) in [6.45, 7) is 4.01. The lowest BCUT2D eigenvalue weighted by Gasteiger charge is -2.27. The van der Waals surface area contributed by atoms with Crippen LogP contribution in [0.2, 0.25) is 4.34 Å². The van der Waals surface area contributed by atoms with Gasteiger partial charge in [0.15, 0.2) is 0 Å². The molecule has 2 heterocycles. The van der Waals surface area contributed by atoms with Crippen molar-refractivity contribution in [2.24, 2.45) is 5.92 Å². The molecule has 0 bridgehead atoms. The lowest BCUT2D eigenvalue weighted by Crippen LogP contribution is -2.36. The fraction of sp³-hybridized carbons (Fsp3) is 0.556. The van der Waals surface area contributed by atoms with E-state index >= 15 is 0 Å². The van der Waals surface area contributed by atoms with Gasteiger partial charge in [-0.1, -0.05) is 18.5 Å². The molecule has 0 aromatic carbocycles. The molecule has 5 heteroatoms. The van der Waals surface area contributed by atoms with Crippen LogP contribution in [0.4, 0.5) is 0 Å². The molecule has 0 saturated carbocycles. The third-order valence-corrected chi connectivity index (χ3v) is 3.33. The van der Waals surface area contributed by atoms with Gasteiger partial charge in [-0.05, 0) is 18.1 Å². The van der Waals surface area contributed by atoms with Crippen LogP contribution in [-0.4, -0.2) is 13.2 Å². The van der Waals surface area contributed by atoms with Crippen LogP contribution >= 0.6 is 35.3 Å². The van der Waals surface area contributed by atoms with Crippen LogP contribution < -0.4 is 5.32 Å². The van der Waals surface area contributed by atoms with Gasteiger partial charge in [0, 0.05) is 11.4 Å². The number of hydrogen-bond acceptors (Lipinski definition) is 3. The molecular weight excluding hydrogens is 241 g/mol. The zero-order chi connectivity index (χ0) is 9.26. The predicted octanol–water partition coefficient (Wildman–Crippen LogP) is 3.08. The molecule has 0 spiro atoms. The summed E-state index contributed by atoms with van der Waals surface area (Å²) in [5.74, 6) is 0.603. The van der Waals surface area contributed by atoms with Crippen molar-refractivity contribution in [1.82, 2.24) is 5.32 Å². The smallest absolute Gasteiger partial charge is 0.143 e. The maximum Gasteiger partial charge on any atom is 0.143 e. The second kappa shape index (κ2) is 5.33. The molecule has 0 amide bonds. The highest BCUT2D eigenvalue weighted by molar-refractivity contribution is 7.16. The Kier molecular flexibility index (Phi) is 4.67. The molecular formula is C9H13Cl2NOS. The molecule has 2 atom stereocenters. The molecule has 14 heavy (non-hydrogen) atoms. The molecule has 2 rings (SSSR count). The molecule has 1 fully saturated rings. The summed E-state index contributed by atoms with van der Waals surface area (Å²) in [6, 6.07) is 3.92. The Morgan fingerprint density at radius 2 is 2.36 bits per heavy atom. The van der Waals surface area contributed by atoms with Crippen molar-refractivity contribution in [2.45, 2.75) is 13.2 Å². The Hall–Kier alpha value is 0.200. The summed E-state index contributed by atoms with van der Waals surface area (Å²) < 4.78 is 6.45. The minimum Gasteiger partial charge on any atom is -0.358 e. The van der Waals surface area contributed by atoms with Crippen LogP contribution in [0.15, 0.2) is 12.1 Å². The van der Waals surface area contributed by atoms with Gasteiger partial charge < -0.3 is 4.74 Å². The van der Waals surface area contributed by atoms with Crippen molar-refractivity contribution in [3.8, 4) is 0 Å². The number of rotatable bonds is 1. The van der Waals surface area contributed by atoms with E-state index in [0.29, 0.717) is 5.92 Å². The maximum atomic E-state index is 5.84. The summed E-state index contributed by atoms with van der Waals surface area (Å²) >= 11 is 7.42. The van der Waals surface area contributed by atoms with Crippen molar-refractivity contribution >= 4 is 35.3 Å². The van der Waals surface area contributed by atoms with Gasteiger partial charge in [0.05, 0.1) is 10.9 Å². The van der Waals surface area contributed by atoms with Gasteiger partial charge in [-0.2, -0.15) is 0 Å². The molecule has 80 valence electrons. The summed E-state index contributed by atoms with van der Waals surface area (Å²) in [7, 11) is 0. The van der Waals surface area contributed by atoms with Crippen molar-refractivity contribution in [2.75, 3.05) is 13.2 Å². The lowest BCUT2D eigenvalue weighted by atomic mass is 10.2. The molecule has 2 nitrogen and oxygen atoms in total. The van der Waals surface area contributed by atoms with Crippen molar-refractivity contribution in [1.29, 1.82) is 0 Å². The third-order valence-electron chi connectivity index (χ3n) is 2.05. The summed E-state index contributed by atoms with van der Waals surface area (Å²) in [4.78, 5) is 1.16. The first-order valence-electron chi connectivity index (χ1n) is 4.36. The Labute approximate surface area is 99.0 Å². The van der Waals surface area contributed by atoms with Gasteiger partial charge in [-0.15, -0.1) is 23.7 Å².